The second-order valence-electron chi connectivity index (χ2n) is 5.18. The molecule has 0 radical (unpaired) electrons. The molecule has 0 aliphatic carbocycles. The maximum absolute atomic E-state index is 6.09. The minimum absolute atomic E-state index is 0.501. The zero-order chi connectivity index (χ0) is 14.5. The van der Waals surface area contributed by atoms with Gasteiger partial charge < -0.3 is 4.74 Å². The Kier molecular flexibility index (Phi) is 4.96. The molecule has 0 amide bonds. The van der Waals surface area contributed by atoms with Gasteiger partial charge in [-0.1, -0.05) is 43.6 Å². The molecule has 0 saturated carbocycles. The fourth-order valence-corrected chi connectivity index (χ4v) is 2.36. The van der Waals surface area contributed by atoms with Crippen LogP contribution in [0.25, 0.3) is 0 Å². The van der Waals surface area contributed by atoms with Crippen molar-refractivity contribution in [3.05, 3.63) is 52.6 Å². The van der Waals surface area contributed by atoms with Gasteiger partial charge in [-0.3, -0.25) is 0 Å². The number of hydrogen-bond donors (Lipinski definition) is 0. The summed E-state index contributed by atoms with van der Waals surface area (Å²) in [5, 5.41) is 0.501. The van der Waals surface area contributed by atoms with Gasteiger partial charge in [0.25, 0.3) is 0 Å². The van der Waals surface area contributed by atoms with Crippen molar-refractivity contribution in [3.8, 4) is 5.75 Å². The normalized spacial score (nSPS) is 10.8. The molecule has 3 nitrogen and oxygen atoms in total. The Morgan fingerprint density at radius 3 is 2.65 bits per heavy atom. The van der Waals surface area contributed by atoms with Crippen LogP contribution in [0.1, 0.15) is 30.9 Å². The standard InChI is InChI=1S/C16H19ClN2O/c1-11(2)8-13-10-15(17)19-16(18-13)9-12-6-4-5-7-14(12)20-3/h4-7,10-11H,8-9H2,1-3H3. The van der Waals surface area contributed by atoms with Gasteiger partial charge in [-0.15, -0.1) is 0 Å². The van der Waals surface area contributed by atoms with Crippen LogP contribution in [0.4, 0.5) is 0 Å². The summed E-state index contributed by atoms with van der Waals surface area (Å²) in [5.74, 6) is 2.12. The Morgan fingerprint density at radius 2 is 1.95 bits per heavy atom. The molecule has 0 saturated heterocycles. The van der Waals surface area contributed by atoms with Crippen molar-refractivity contribution >= 4 is 11.6 Å². The highest BCUT2D eigenvalue weighted by molar-refractivity contribution is 6.29. The lowest BCUT2D eigenvalue weighted by molar-refractivity contribution is 0.410. The van der Waals surface area contributed by atoms with Crippen molar-refractivity contribution in [1.29, 1.82) is 0 Å². The van der Waals surface area contributed by atoms with Gasteiger partial charge in [-0.2, -0.15) is 0 Å². The molecular formula is C16H19ClN2O. The molecule has 106 valence electrons. The molecule has 0 bridgehead atoms. The van der Waals surface area contributed by atoms with Crippen LogP contribution in [0.2, 0.25) is 5.15 Å². The van der Waals surface area contributed by atoms with Crippen LogP contribution in [-0.4, -0.2) is 17.1 Å². The maximum Gasteiger partial charge on any atom is 0.134 e. The van der Waals surface area contributed by atoms with Gasteiger partial charge in [-0.25, -0.2) is 9.97 Å². The van der Waals surface area contributed by atoms with Gasteiger partial charge in [0.15, 0.2) is 0 Å². The molecule has 0 atom stereocenters. The van der Waals surface area contributed by atoms with Gasteiger partial charge in [-0.05, 0) is 24.5 Å². The highest BCUT2D eigenvalue weighted by atomic mass is 35.5. The van der Waals surface area contributed by atoms with Crippen LogP contribution < -0.4 is 4.74 Å². The lowest BCUT2D eigenvalue weighted by Gasteiger charge is -2.09. The van der Waals surface area contributed by atoms with E-state index in [9.17, 15) is 0 Å². The first-order chi connectivity index (χ1) is 9.58. The van der Waals surface area contributed by atoms with E-state index in [4.69, 9.17) is 16.3 Å². The second-order valence-corrected chi connectivity index (χ2v) is 5.57. The molecule has 1 heterocycles. The van der Waals surface area contributed by atoms with Crippen LogP contribution in [0.15, 0.2) is 30.3 Å². The molecule has 1 aromatic heterocycles. The van der Waals surface area contributed by atoms with Gasteiger partial charge in [0.2, 0.25) is 0 Å². The number of para-hydroxylation sites is 1. The third-order valence-corrected chi connectivity index (χ3v) is 3.15. The Morgan fingerprint density at radius 1 is 1.20 bits per heavy atom. The first-order valence-electron chi connectivity index (χ1n) is 6.72. The van der Waals surface area contributed by atoms with Gasteiger partial charge in [0.1, 0.15) is 16.7 Å². The zero-order valence-electron chi connectivity index (χ0n) is 12.1. The summed E-state index contributed by atoms with van der Waals surface area (Å²) in [7, 11) is 1.67. The minimum atomic E-state index is 0.501. The first kappa shape index (κ1) is 14.8. The van der Waals surface area contributed by atoms with E-state index < -0.39 is 0 Å². The van der Waals surface area contributed by atoms with E-state index in [1.807, 2.05) is 30.3 Å². The van der Waals surface area contributed by atoms with Crippen molar-refractivity contribution < 1.29 is 4.74 Å². The van der Waals surface area contributed by atoms with Crippen molar-refractivity contribution in [2.24, 2.45) is 5.92 Å². The Bertz CT molecular complexity index is 584. The quantitative estimate of drug-likeness (QED) is 0.783. The largest absolute Gasteiger partial charge is 0.496 e. The number of nitrogens with zero attached hydrogens (tertiary/aromatic N) is 2. The topological polar surface area (TPSA) is 35.0 Å². The molecule has 0 unspecified atom stereocenters. The van der Waals surface area contributed by atoms with E-state index >= 15 is 0 Å². The highest BCUT2D eigenvalue weighted by Crippen LogP contribution is 2.21. The molecular weight excluding hydrogens is 272 g/mol. The predicted molar refractivity (Wildman–Crippen MR) is 81.4 cm³/mol. The van der Waals surface area contributed by atoms with E-state index in [0.717, 1.165) is 29.3 Å². The van der Waals surface area contributed by atoms with E-state index in [2.05, 4.69) is 23.8 Å². The summed E-state index contributed by atoms with van der Waals surface area (Å²) in [6, 6.07) is 9.73. The highest BCUT2D eigenvalue weighted by Gasteiger charge is 2.09. The number of ether oxygens (including phenoxy) is 1. The summed E-state index contributed by atoms with van der Waals surface area (Å²) in [6.07, 6.45) is 1.52. The van der Waals surface area contributed by atoms with Crippen molar-refractivity contribution in [2.45, 2.75) is 26.7 Å². The number of halogens is 1. The molecule has 1 aromatic carbocycles. The van der Waals surface area contributed by atoms with Crippen molar-refractivity contribution in [2.75, 3.05) is 7.11 Å². The summed E-state index contributed by atoms with van der Waals surface area (Å²) in [6.45, 7) is 4.33. The monoisotopic (exact) mass is 290 g/mol. The molecule has 0 aliphatic rings. The SMILES string of the molecule is COc1ccccc1Cc1nc(Cl)cc(CC(C)C)n1. The molecule has 0 aliphatic heterocycles. The molecule has 4 heteroatoms. The molecule has 2 aromatic rings. The maximum atomic E-state index is 6.09. The van der Waals surface area contributed by atoms with E-state index in [1.54, 1.807) is 7.11 Å². The van der Waals surface area contributed by atoms with E-state index in [0.29, 0.717) is 17.5 Å². The predicted octanol–water partition coefficient (Wildman–Crippen LogP) is 3.93. The van der Waals surface area contributed by atoms with Gasteiger partial charge >= 0.3 is 0 Å². The summed E-state index contributed by atoms with van der Waals surface area (Å²) < 4.78 is 5.35. The Balaban J connectivity index is 2.26. The van der Waals surface area contributed by atoms with E-state index in [1.165, 1.54) is 0 Å². The first-order valence-corrected chi connectivity index (χ1v) is 7.10. The Hall–Kier alpha value is -1.61. The number of rotatable bonds is 5. The number of aromatic nitrogens is 2. The number of methoxy groups -OCH3 is 1. The Labute approximate surface area is 125 Å². The van der Waals surface area contributed by atoms with Gasteiger partial charge in [0, 0.05) is 17.7 Å². The lowest BCUT2D eigenvalue weighted by Crippen LogP contribution is -2.04. The average Bonchev–Trinajstić information content (AvgIpc) is 2.37. The van der Waals surface area contributed by atoms with Gasteiger partial charge in [0.05, 0.1) is 7.11 Å². The number of hydrogen-bond acceptors (Lipinski definition) is 3. The molecule has 0 spiro atoms. The summed E-state index contributed by atoms with van der Waals surface area (Å²) in [5.41, 5.74) is 2.05. The van der Waals surface area contributed by atoms with Crippen LogP contribution in [-0.2, 0) is 12.8 Å². The summed E-state index contributed by atoms with van der Waals surface area (Å²) >= 11 is 6.09. The minimum Gasteiger partial charge on any atom is -0.496 e. The number of benzene rings is 1. The summed E-state index contributed by atoms with van der Waals surface area (Å²) in [4.78, 5) is 8.90. The molecule has 20 heavy (non-hydrogen) atoms. The van der Waals surface area contributed by atoms with Crippen LogP contribution in [0.3, 0.4) is 0 Å². The zero-order valence-corrected chi connectivity index (χ0v) is 12.8. The molecule has 0 fully saturated rings. The fourth-order valence-electron chi connectivity index (χ4n) is 2.14. The lowest BCUT2D eigenvalue weighted by atomic mass is 10.1. The van der Waals surface area contributed by atoms with E-state index in [-0.39, 0.29) is 0 Å². The molecule has 2 rings (SSSR count). The third kappa shape index (κ3) is 3.94. The average molecular weight is 291 g/mol. The fraction of sp³-hybridized carbons (Fsp3) is 0.375. The van der Waals surface area contributed by atoms with Crippen LogP contribution in [0, 0.1) is 5.92 Å². The van der Waals surface area contributed by atoms with Crippen molar-refractivity contribution in [3.63, 3.8) is 0 Å². The molecule has 0 N–H and O–H groups in total. The second kappa shape index (κ2) is 6.71. The van der Waals surface area contributed by atoms with Crippen LogP contribution >= 0.6 is 11.6 Å². The smallest absolute Gasteiger partial charge is 0.134 e. The third-order valence-electron chi connectivity index (χ3n) is 2.95. The van der Waals surface area contributed by atoms with Crippen molar-refractivity contribution in [1.82, 2.24) is 9.97 Å². The van der Waals surface area contributed by atoms with Crippen LogP contribution in [0.5, 0.6) is 5.75 Å².